The minimum atomic E-state index is 0.210. The van der Waals surface area contributed by atoms with Gasteiger partial charge in [-0.15, -0.1) is 0 Å². The first-order valence-corrected chi connectivity index (χ1v) is 6.25. The van der Waals surface area contributed by atoms with Crippen LogP contribution in [0.25, 0.3) is 0 Å². The quantitative estimate of drug-likeness (QED) is 0.770. The Hall–Kier alpha value is -0.900. The lowest BCUT2D eigenvalue weighted by molar-refractivity contribution is 0.474. The summed E-state index contributed by atoms with van der Waals surface area (Å²) >= 11 is 0. The molecule has 0 saturated heterocycles. The van der Waals surface area contributed by atoms with E-state index in [1.54, 1.807) is 6.33 Å². The molecule has 1 aromatic heterocycles. The maximum Gasteiger partial charge on any atom is 0.138 e. The van der Waals surface area contributed by atoms with Crippen molar-refractivity contribution in [2.24, 2.45) is 11.7 Å². The van der Waals surface area contributed by atoms with Gasteiger partial charge in [-0.05, 0) is 25.2 Å². The summed E-state index contributed by atoms with van der Waals surface area (Å²) in [6.07, 6.45) is 5.80. The summed E-state index contributed by atoms with van der Waals surface area (Å²) < 4.78 is 1.97. The standard InChI is InChI=1S/C12H24N4/c1-4-7-16-12(14-9-15-16)8-11(13)6-5-10(2)3/h9-11H,4-8,13H2,1-3H3. The van der Waals surface area contributed by atoms with Gasteiger partial charge in [0.2, 0.25) is 0 Å². The molecule has 0 fully saturated rings. The molecule has 0 saturated carbocycles. The molecule has 0 aliphatic rings. The molecule has 92 valence electrons. The van der Waals surface area contributed by atoms with Crippen LogP contribution in [0.15, 0.2) is 6.33 Å². The van der Waals surface area contributed by atoms with Crippen molar-refractivity contribution in [2.45, 2.75) is 59.0 Å². The molecular formula is C12H24N4. The monoisotopic (exact) mass is 224 g/mol. The molecule has 4 nitrogen and oxygen atoms in total. The van der Waals surface area contributed by atoms with E-state index in [1.165, 1.54) is 6.42 Å². The van der Waals surface area contributed by atoms with Gasteiger partial charge in [0.05, 0.1) is 0 Å². The molecule has 0 aliphatic heterocycles. The zero-order chi connectivity index (χ0) is 12.0. The summed E-state index contributed by atoms with van der Waals surface area (Å²) in [4.78, 5) is 4.27. The molecule has 1 unspecified atom stereocenters. The largest absolute Gasteiger partial charge is 0.327 e. The summed E-state index contributed by atoms with van der Waals surface area (Å²) in [6, 6.07) is 0.210. The molecule has 0 bridgehead atoms. The van der Waals surface area contributed by atoms with Crippen molar-refractivity contribution in [2.75, 3.05) is 0 Å². The second-order valence-corrected chi connectivity index (χ2v) is 4.83. The lowest BCUT2D eigenvalue weighted by Crippen LogP contribution is -2.25. The Morgan fingerprint density at radius 3 is 2.75 bits per heavy atom. The summed E-state index contributed by atoms with van der Waals surface area (Å²) in [6.45, 7) is 7.54. The van der Waals surface area contributed by atoms with Crippen LogP contribution < -0.4 is 5.73 Å². The minimum Gasteiger partial charge on any atom is -0.327 e. The van der Waals surface area contributed by atoms with Crippen LogP contribution in [0.1, 0.15) is 45.9 Å². The van der Waals surface area contributed by atoms with Gasteiger partial charge in [-0.1, -0.05) is 20.8 Å². The zero-order valence-corrected chi connectivity index (χ0v) is 10.7. The van der Waals surface area contributed by atoms with E-state index in [0.29, 0.717) is 0 Å². The molecule has 0 aromatic carbocycles. The van der Waals surface area contributed by atoms with E-state index in [9.17, 15) is 0 Å². The number of nitrogens with two attached hydrogens (primary N) is 1. The molecule has 4 heteroatoms. The number of nitrogens with zero attached hydrogens (tertiary/aromatic N) is 3. The lowest BCUT2D eigenvalue weighted by Gasteiger charge is -2.13. The van der Waals surface area contributed by atoms with Gasteiger partial charge in [-0.3, -0.25) is 4.68 Å². The third kappa shape index (κ3) is 4.31. The van der Waals surface area contributed by atoms with E-state index in [4.69, 9.17) is 5.73 Å². The Morgan fingerprint density at radius 1 is 1.38 bits per heavy atom. The first-order chi connectivity index (χ1) is 7.63. The van der Waals surface area contributed by atoms with Crippen LogP contribution in [0.5, 0.6) is 0 Å². The second kappa shape index (κ2) is 6.63. The molecule has 0 aliphatic carbocycles. The van der Waals surface area contributed by atoms with Crippen molar-refractivity contribution in [3.8, 4) is 0 Å². The Balaban J connectivity index is 2.42. The number of hydrogen-bond acceptors (Lipinski definition) is 3. The molecule has 1 heterocycles. The van der Waals surface area contributed by atoms with Crippen LogP contribution in [0.3, 0.4) is 0 Å². The van der Waals surface area contributed by atoms with E-state index >= 15 is 0 Å². The highest BCUT2D eigenvalue weighted by Crippen LogP contribution is 2.09. The smallest absolute Gasteiger partial charge is 0.138 e. The van der Waals surface area contributed by atoms with E-state index < -0.39 is 0 Å². The van der Waals surface area contributed by atoms with Gasteiger partial charge in [0, 0.05) is 19.0 Å². The highest BCUT2D eigenvalue weighted by molar-refractivity contribution is 4.88. The molecule has 1 aromatic rings. The fraction of sp³-hybridized carbons (Fsp3) is 0.833. The second-order valence-electron chi connectivity index (χ2n) is 4.83. The maximum absolute atomic E-state index is 6.10. The molecule has 2 N–H and O–H groups in total. The maximum atomic E-state index is 6.10. The summed E-state index contributed by atoms with van der Waals surface area (Å²) in [5, 5.41) is 4.20. The van der Waals surface area contributed by atoms with Gasteiger partial charge >= 0.3 is 0 Å². The van der Waals surface area contributed by atoms with Crippen molar-refractivity contribution in [1.82, 2.24) is 14.8 Å². The summed E-state index contributed by atoms with van der Waals surface area (Å²) in [5.74, 6) is 1.75. The van der Waals surface area contributed by atoms with Crippen LogP contribution >= 0.6 is 0 Å². The van der Waals surface area contributed by atoms with E-state index in [-0.39, 0.29) is 6.04 Å². The first-order valence-electron chi connectivity index (χ1n) is 6.25. The average molecular weight is 224 g/mol. The zero-order valence-electron chi connectivity index (χ0n) is 10.7. The Labute approximate surface area is 98.2 Å². The normalized spacial score (nSPS) is 13.3. The third-order valence-electron chi connectivity index (χ3n) is 2.69. The minimum absolute atomic E-state index is 0.210. The van der Waals surface area contributed by atoms with Gasteiger partial charge in [0.25, 0.3) is 0 Å². The predicted octanol–water partition coefficient (Wildman–Crippen LogP) is 1.99. The fourth-order valence-electron chi connectivity index (χ4n) is 1.73. The van der Waals surface area contributed by atoms with Gasteiger partial charge in [0.1, 0.15) is 12.2 Å². The Bertz CT molecular complexity index is 293. The van der Waals surface area contributed by atoms with Crippen molar-refractivity contribution >= 4 is 0 Å². The molecule has 1 atom stereocenters. The first kappa shape index (κ1) is 13.2. The van der Waals surface area contributed by atoms with Gasteiger partial charge in [0.15, 0.2) is 0 Å². The van der Waals surface area contributed by atoms with E-state index in [2.05, 4.69) is 30.9 Å². The van der Waals surface area contributed by atoms with Crippen LogP contribution in [0.2, 0.25) is 0 Å². The van der Waals surface area contributed by atoms with E-state index in [0.717, 1.165) is 37.5 Å². The predicted molar refractivity (Wildman–Crippen MR) is 66.1 cm³/mol. The molecule has 16 heavy (non-hydrogen) atoms. The van der Waals surface area contributed by atoms with E-state index in [1.807, 2.05) is 4.68 Å². The Kier molecular flexibility index (Phi) is 5.46. The third-order valence-corrected chi connectivity index (χ3v) is 2.69. The van der Waals surface area contributed by atoms with Gasteiger partial charge in [-0.2, -0.15) is 5.10 Å². The van der Waals surface area contributed by atoms with Gasteiger partial charge in [-0.25, -0.2) is 4.98 Å². The number of rotatable bonds is 7. The topological polar surface area (TPSA) is 56.7 Å². The SMILES string of the molecule is CCCn1ncnc1CC(N)CCC(C)C. The van der Waals surface area contributed by atoms with Crippen LogP contribution in [0.4, 0.5) is 0 Å². The summed E-state index contributed by atoms with van der Waals surface area (Å²) in [7, 11) is 0. The highest BCUT2D eigenvalue weighted by atomic mass is 15.3. The summed E-state index contributed by atoms with van der Waals surface area (Å²) in [5.41, 5.74) is 6.10. The van der Waals surface area contributed by atoms with Crippen LogP contribution in [-0.2, 0) is 13.0 Å². The molecule has 1 rings (SSSR count). The number of hydrogen-bond donors (Lipinski definition) is 1. The molecule has 0 amide bonds. The molecular weight excluding hydrogens is 200 g/mol. The van der Waals surface area contributed by atoms with Crippen molar-refractivity contribution < 1.29 is 0 Å². The van der Waals surface area contributed by atoms with Crippen LogP contribution in [-0.4, -0.2) is 20.8 Å². The Morgan fingerprint density at radius 2 is 2.12 bits per heavy atom. The lowest BCUT2D eigenvalue weighted by atomic mass is 10.0. The van der Waals surface area contributed by atoms with Crippen molar-refractivity contribution in [3.63, 3.8) is 0 Å². The van der Waals surface area contributed by atoms with Crippen molar-refractivity contribution in [3.05, 3.63) is 12.2 Å². The fourth-order valence-corrected chi connectivity index (χ4v) is 1.73. The van der Waals surface area contributed by atoms with Crippen LogP contribution in [0, 0.1) is 5.92 Å². The van der Waals surface area contributed by atoms with Gasteiger partial charge < -0.3 is 5.73 Å². The average Bonchev–Trinajstić information content (AvgIpc) is 2.63. The number of aryl methyl sites for hydroxylation is 1. The van der Waals surface area contributed by atoms with Crippen molar-refractivity contribution in [1.29, 1.82) is 0 Å². The molecule has 0 spiro atoms. The molecule has 0 radical (unpaired) electrons. The number of aromatic nitrogens is 3. The highest BCUT2D eigenvalue weighted by Gasteiger charge is 2.10.